The van der Waals surface area contributed by atoms with E-state index >= 15 is 0 Å². The Bertz CT molecular complexity index is 914. The molecular weight excluding hydrogens is 500 g/mol. The first-order valence-electron chi connectivity index (χ1n) is 12.1. The Labute approximate surface area is 221 Å². The normalized spacial score (nSPS) is 14.2. The van der Waals surface area contributed by atoms with Gasteiger partial charge in [0.15, 0.2) is 0 Å². The van der Waals surface area contributed by atoms with Gasteiger partial charge in [0.05, 0.1) is 6.04 Å². The fourth-order valence-corrected chi connectivity index (χ4v) is 3.99. The van der Waals surface area contributed by atoms with Gasteiger partial charge in [-0.05, 0) is 49.2 Å². The number of hydrogen-bond acceptors (Lipinski definition) is 7. The summed E-state index contributed by atoms with van der Waals surface area (Å²) < 4.78 is 0. The summed E-state index contributed by atoms with van der Waals surface area (Å²) in [5.41, 5.74) is 6.83. The van der Waals surface area contributed by atoms with Gasteiger partial charge in [-0.15, -0.1) is 0 Å². The summed E-state index contributed by atoms with van der Waals surface area (Å²) in [6.45, 7) is 3.67. The van der Waals surface area contributed by atoms with Crippen molar-refractivity contribution in [2.45, 2.75) is 70.1 Å². The average Bonchev–Trinajstić information content (AvgIpc) is 2.83. The molecule has 0 saturated carbocycles. The van der Waals surface area contributed by atoms with Crippen LogP contribution in [0.2, 0.25) is 0 Å². The summed E-state index contributed by atoms with van der Waals surface area (Å²) in [4.78, 5) is 61.4. The van der Waals surface area contributed by atoms with Crippen molar-refractivity contribution in [3.05, 3.63) is 35.9 Å². The first-order valence-corrected chi connectivity index (χ1v) is 13.5. The van der Waals surface area contributed by atoms with Gasteiger partial charge < -0.3 is 31.9 Å². The van der Waals surface area contributed by atoms with Gasteiger partial charge in [0.2, 0.25) is 17.7 Å². The molecule has 0 aliphatic carbocycles. The Morgan fingerprint density at radius 1 is 0.865 bits per heavy atom. The number of aliphatic carboxylic acids is 2. The highest BCUT2D eigenvalue weighted by Crippen LogP contribution is 2.09. The minimum atomic E-state index is -1.25. The molecule has 3 amide bonds. The molecule has 1 aromatic rings. The van der Waals surface area contributed by atoms with Crippen molar-refractivity contribution in [3.63, 3.8) is 0 Å². The SMILES string of the molecule is CSCCC(NC(=O)C(CC(C)C)NC(=O)C(CCC(=O)O)NC(=O)C(N)Cc1ccccc1)C(=O)O. The van der Waals surface area contributed by atoms with Gasteiger partial charge in [-0.25, -0.2) is 4.79 Å². The van der Waals surface area contributed by atoms with Gasteiger partial charge in [-0.3, -0.25) is 19.2 Å². The second kappa shape index (κ2) is 16.6. The van der Waals surface area contributed by atoms with Crippen molar-refractivity contribution in [2.75, 3.05) is 12.0 Å². The lowest BCUT2D eigenvalue weighted by Crippen LogP contribution is -2.57. The number of rotatable bonds is 17. The summed E-state index contributed by atoms with van der Waals surface area (Å²) >= 11 is 1.44. The van der Waals surface area contributed by atoms with Crippen molar-refractivity contribution in [1.82, 2.24) is 16.0 Å². The average molecular weight is 539 g/mol. The molecule has 11 nitrogen and oxygen atoms in total. The Morgan fingerprint density at radius 2 is 1.43 bits per heavy atom. The Hall–Kier alpha value is -3.12. The largest absolute Gasteiger partial charge is 0.481 e. The van der Waals surface area contributed by atoms with E-state index in [2.05, 4.69) is 16.0 Å². The number of hydrogen-bond donors (Lipinski definition) is 6. The number of benzene rings is 1. The summed E-state index contributed by atoms with van der Waals surface area (Å²) in [5.74, 6) is -3.91. The number of thioether (sulfide) groups is 1. The lowest BCUT2D eigenvalue weighted by molar-refractivity contribution is -0.142. The van der Waals surface area contributed by atoms with Crippen LogP contribution in [0.3, 0.4) is 0 Å². The fraction of sp³-hybridized carbons (Fsp3) is 0.560. The maximum atomic E-state index is 13.1. The van der Waals surface area contributed by atoms with Gasteiger partial charge >= 0.3 is 11.9 Å². The monoisotopic (exact) mass is 538 g/mol. The molecule has 37 heavy (non-hydrogen) atoms. The Kier molecular flexibility index (Phi) is 14.3. The lowest BCUT2D eigenvalue weighted by atomic mass is 10.0. The van der Waals surface area contributed by atoms with Gasteiger partial charge in [0, 0.05) is 6.42 Å². The van der Waals surface area contributed by atoms with Crippen molar-refractivity contribution in [2.24, 2.45) is 11.7 Å². The van der Waals surface area contributed by atoms with Crippen LogP contribution in [0.5, 0.6) is 0 Å². The van der Waals surface area contributed by atoms with Gasteiger partial charge in [0.25, 0.3) is 0 Å². The third-order valence-corrected chi connectivity index (χ3v) is 6.12. The fourth-order valence-electron chi connectivity index (χ4n) is 3.52. The highest BCUT2D eigenvalue weighted by atomic mass is 32.2. The Morgan fingerprint density at radius 3 is 1.97 bits per heavy atom. The second-order valence-corrected chi connectivity index (χ2v) is 10.1. The molecule has 0 bridgehead atoms. The molecule has 0 radical (unpaired) electrons. The van der Waals surface area contributed by atoms with Crippen molar-refractivity contribution in [1.29, 1.82) is 0 Å². The quantitative estimate of drug-likeness (QED) is 0.166. The summed E-state index contributed by atoms with van der Waals surface area (Å²) in [6, 6.07) is 4.62. The minimum absolute atomic E-state index is 0.0307. The first kappa shape index (κ1) is 31.9. The smallest absolute Gasteiger partial charge is 0.326 e. The molecular formula is C25H38N4O7S. The topological polar surface area (TPSA) is 188 Å². The molecule has 12 heteroatoms. The summed E-state index contributed by atoms with van der Waals surface area (Å²) in [7, 11) is 0. The molecule has 0 aromatic heterocycles. The van der Waals surface area contributed by atoms with Crippen LogP contribution in [-0.4, -0.2) is 76.0 Å². The molecule has 206 valence electrons. The predicted octanol–water partition coefficient (Wildman–Crippen LogP) is 0.759. The second-order valence-electron chi connectivity index (χ2n) is 9.16. The molecule has 0 saturated heterocycles. The van der Waals surface area contributed by atoms with Crippen LogP contribution in [0.1, 0.15) is 45.1 Å². The van der Waals surface area contributed by atoms with E-state index in [0.717, 1.165) is 5.56 Å². The predicted molar refractivity (Wildman–Crippen MR) is 141 cm³/mol. The van der Waals surface area contributed by atoms with Crippen LogP contribution in [0.15, 0.2) is 30.3 Å². The molecule has 4 atom stereocenters. The van der Waals surface area contributed by atoms with E-state index in [1.165, 1.54) is 11.8 Å². The lowest BCUT2D eigenvalue weighted by Gasteiger charge is -2.26. The number of carbonyl (C=O) groups excluding carboxylic acids is 3. The summed E-state index contributed by atoms with van der Waals surface area (Å²) in [6.07, 6.45) is 1.83. The molecule has 1 aromatic carbocycles. The molecule has 0 aliphatic heterocycles. The van der Waals surface area contributed by atoms with E-state index in [1.54, 1.807) is 24.3 Å². The third kappa shape index (κ3) is 12.6. The maximum Gasteiger partial charge on any atom is 0.326 e. The first-order chi connectivity index (χ1) is 17.4. The highest BCUT2D eigenvalue weighted by Gasteiger charge is 2.31. The van der Waals surface area contributed by atoms with E-state index in [0.29, 0.717) is 5.75 Å². The van der Waals surface area contributed by atoms with Gasteiger partial charge in [-0.2, -0.15) is 11.8 Å². The maximum absolute atomic E-state index is 13.1. The zero-order valence-electron chi connectivity index (χ0n) is 21.4. The number of nitrogens with one attached hydrogen (secondary N) is 3. The third-order valence-electron chi connectivity index (χ3n) is 5.48. The standard InChI is InChI=1S/C25H38N4O7S/c1-15(2)13-20(24(34)28-19(25(35)36)11-12-37-3)29-23(33)18(9-10-21(30)31)27-22(32)17(26)14-16-7-5-4-6-8-16/h4-8,15,17-20H,9-14,26H2,1-3H3,(H,27,32)(H,28,34)(H,29,33)(H,30,31)(H,35,36). The molecule has 1 rings (SSSR count). The van der Waals surface area contributed by atoms with Crippen molar-refractivity contribution >= 4 is 41.4 Å². The number of carboxylic acids is 2. The molecule has 0 heterocycles. The van der Waals surface area contributed by atoms with Crippen molar-refractivity contribution in [3.8, 4) is 0 Å². The van der Waals surface area contributed by atoms with E-state index in [9.17, 15) is 29.1 Å². The van der Waals surface area contributed by atoms with Crippen LogP contribution < -0.4 is 21.7 Å². The number of amides is 3. The van der Waals surface area contributed by atoms with Gasteiger partial charge in [-0.1, -0.05) is 44.2 Å². The number of nitrogens with two attached hydrogens (primary N) is 1. The van der Waals surface area contributed by atoms with E-state index < -0.39 is 60.2 Å². The zero-order valence-corrected chi connectivity index (χ0v) is 22.3. The molecule has 7 N–H and O–H groups in total. The zero-order chi connectivity index (χ0) is 28.0. The number of carbonyl (C=O) groups is 5. The number of carboxylic acid groups (broad SMARTS) is 2. The van der Waals surface area contributed by atoms with Crippen molar-refractivity contribution < 1.29 is 34.2 Å². The van der Waals surface area contributed by atoms with Gasteiger partial charge in [0.1, 0.15) is 18.1 Å². The minimum Gasteiger partial charge on any atom is -0.481 e. The van der Waals surface area contributed by atoms with Crippen LogP contribution in [0.25, 0.3) is 0 Å². The molecule has 0 fully saturated rings. The molecule has 0 aliphatic rings. The van der Waals surface area contributed by atoms with Crippen LogP contribution >= 0.6 is 11.8 Å². The van der Waals surface area contributed by atoms with E-state index in [1.807, 2.05) is 26.2 Å². The van der Waals surface area contributed by atoms with E-state index in [4.69, 9.17) is 10.8 Å². The molecule has 4 unspecified atom stereocenters. The molecule has 0 spiro atoms. The Balaban J connectivity index is 2.97. The van der Waals surface area contributed by atoms with Crippen LogP contribution in [-0.2, 0) is 30.4 Å². The van der Waals surface area contributed by atoms with Crippen LogP contribution in [0.4, 0.5) is 0 Å². The highest BCUT2D eigenvalue weighted by molar-refractivity contribution is 7.98. The van der Waals surface area contributed by atoms with E-state index in [-0.39, 0.29) is 31.6 Å². The summed E-state index contributed by atoms with van der Waals surface area (Å²) in [5, 5.41) is 26.1. The van der Waals surface area contributed by atoms with Crippen LogP contribution in [0, 0.1) is 5.92 Å².